The maximum Gasteiger partial charge on any atom is 1.00 e. The van der Waals surface area contributed by atoms with Crippen molar-refractivity contribution in [2.45, 2.75) is 136 Å². The van der Waals surface area contributed by atoms with Crippen LogP contribution >= 0.6 is 0 Å². The number of rotatable bonds is 18. The molecular formula is C28H50NNaO5. The summed E-state index contributed by atoms with van der Waals surface area (Å²) in [5.41, 5.74) is -0.865. The molecule has 1 N–H and O–H groups in total. The molecule has 7 heteroatoms. The second-order valence-electron chi connectivity index (χ2n) is 10.7. The minimum absolute atomic E-state index is 0. The van der Waals surface area contributed by atoms with Crippen molar-refractivity contribution in [1.82, 2.24) is 5.32 Å². The van der Waals surface area contributed by atoms with Crippen molar-refractivity contribution in [2.75, 3.05) is 6.61 Å². The van der Waals surface area contributed by atoms with E-state index in [2.05, 4.69) is 12.2 Å². The molecule has 1 saturated carbocycles. The van der Waals surface area contributed by atoms with Gasteiger partial charge in [0.2, 0.25) is 5.91 Å². The minimum atomic E-state index is -1.26. The standard InChI is InChI=1S/C28H51NO5.Na/c1-5-7-8-9-10-11-12-13-17-20-24(30)34-21-28(4,6-2)25(27(32)33)22(3)26(31)29-23-18-15-14-16-19-23;/h22-23,25H,5-21H2,1-4H3,(H,29,31)(H,32,33);/q;+1/p-1. The molecule has 0 aromatic rings. The number of carboxylic acids is 1. The van der Waals surface area contributed by atoms with Gasteiger partial charge in [-0.25, -0.2) is 0 Å². The summed E-state index contributed by atoms with van der Waals surface area (Å²) in [5.74, 6) is -3.58. The molecule has 35 heavy (non-hydrogen) atoms. The van der Waals surface area contributed by atoms with E-state index in [0.717, 1.165) is 44.9 Å². The van der Waals surface area contributed by atoms with Gasteiger partial charge in [0.15, 0.2) is 0 Å². The van der Waals surface area contributed by atoms with Gasteiger partial charge in [-0.3, -0.25) is 9.59 Å². The molecule has 1 fully saturated rings. The number of esters is 1. The van der Waals surface area contributed by atoms with Gasteiger partial charge in [-0.05, 0) is 25.7 Å². The Bertz CT molecular complexity index is 608. The SMILES string of the molecule is CCCCCCCCCCCC(=O)OCC(C)(CC)C(C(=O)[O-])C(C)C(=O)NC1CCCCC1.[Na+]. The number of unbranched alkanes of at least 4 members (excludes halogenated alkanes) is 8. The van der Waals surface area contributed by atoms with Gasteiger partial charge in [0.05, 0.1) is 6.61 Å². The quantitative estimate of drug-likeness (QED) is 0.176. The van der Waals surface area contributed by atoms with E-state index in [1.165, 1.54) is 44.9 Å². The van der Waals surface area contributed by atoms with E-state index >= 15 is 0 Å². The molecule has 0 bridgehead atoms. The Morgan fingerprint density at radius 3 is 2.00 bits per heavy atom. The van der Waals surface area contributed by atoms with Crippen molar-refractivity contribution in [3.05, 3.63) is 0 Å². The molecule has 0 heterocycles. The molecule has 0 aliphatic heterocycles. The van der Waals surface area contributed by atoms with Crippen LogP contribution in [0.15, 0.2) is 0 Å². The average molecular weight is 504 g/mol. The molecule has 0 aromatic heterocycles. The maximum atomic E-state index is 12.8. The van der Waals surface area contributed by atoms with Crippen molar-refractivity contribution < 1.29 is 53.8 Å². The number of hydrogen-bond donors (Lipinski definition) is 1. The molecule has 1 amide bonds. The van der Waals surface area contributed by atoms with Gasteiger partial charge < -0.3 is 20.0 Å². The molecule has 3 atom stereocenters. The third kappa shape index (κ3) is 13.5. The predicted octanol–water partition coefficient (Wildman–Crippen LogP) is 2.32. The van der Waals surface area contributed by atoms with Crippen LogP contribution in [0.25, 0.3) is 0 Å². The summed E-state index contributed by atoms with van der Waals surface area (Å²) in [4.78, 5) is 37.3. The van der Waals surface area contributed by atoms with Gasteiger partial charge in [-0.1, -0.05) is 98.3 Å². The number of hydrogen-bond acceptors (Lipinski definition) is 5. The fourth-order valence-corrected chi connectivity index (χ4v) is 5.13. The first-order valence-electron chi connectivity index (χ1n) is 13.9. The van der Waals surface area contributed by atoms with Crippen molar-refractivity contribution in [2.24, 2.45) is 17.3 Å². The smallest absolute Gasteiger partial charge is 0.550 e. The Hall–Kier alpha value is -0.590. The third-order valence-corrected chi connectivity index (χ3v) is 7.72. The van der Waals surface area contributed by atoms with E-state index in [-0.39, 0.29) is 54.1 Å². The van der Waals surface area contributed by atoms with Crippen LogP contribution in [0, 0.1) is 17.3 Å². The number of aliphatic carboxylic acids is 1. The monoisotopic (exact) mass is 503 g/mol. The van der Waals surface area contributed by atoms with Gasteiger partial charge in [-0.15, -0.1) is 0 Å². The Morgan fingerprint density at radius 2 is 1.49 bits per heavy atom. The summed E-state index contributed by atoms with van der Waals surface area (Å²) in [6.07, 6.45) is 16.6. The van der Waals surface area contributed by atoms with Crippen LogP contribution < -0.4 is 40.0 Å². The molecule has 0 aromatic carbocycles. The largest absolute Gasteiger partial charge is 1.00 e. The molecule has 198 valence electrons. The van der Waals surface area contributed by atoms with Crippen molar-refractivity contribution in [3.8, 4) is 0 Å². The summed E-state index contributed by atoms with van der Waals surface area (Å²) in [6, 6.07) is 0.119. The molecule has 3 unspecified atom stereocenters. The molecular weight excluding hydrogens is 453 g/mol. The van der Waals surface area contributed by atoms with E-state index in [4.69, 9.17) is 4.74 Å². The van der Waals surface area contributed by atoms with Crippen LogP contribution in [0.1, 0.15) is 130 Å². The normalized spacial score (nSPS) is 17.5. The van der Waals surface area contributed by atoms with E-state index in [1.807, 2.05) is 6.92 Å². The molecule has 0 spiro atoms. The maximum absolute atomic E-state index is 12.8. The van der Waals surface area contributed by atoms with Gasteiger partial charge in [-0.2, -0.15) is 0 Å². The van der Waals surface area contributed by atoms with Crippen LogP contribution in [-0.4, -0.2) is 30.5 Å². The number of amides is 1. The molecule has 6 nitrogen and oxygen atoms in total. The molecule has 0 radical (unpaired) electrons. The Balaban J connectivity index is 0.0000116. The van der Waals surface area contributed by atoms with Gasteiger partial charge in [0.1, 0.15) is 0 Å². The van der Waals surface area contributed by atoms with E-state index in [9.17, 15) is 19.5 Å². The Labute approximate surface area is 236 Å². The summed E-state index contributed by atoms with van der Waals surface area (Å²) >= 11 is 0. The number of carbonyl (C=O) groups is 3. The summed E-state index contributed by atoms with van der Waals surface area (Å²) in [7, 11) is 0. The molecule has 1 aliphatic carbocycles. The van der Waals surface area contributed by atoms with E-state index in [1.54, 1.807) is 13.8 Å². The van der Waals surface area contributed by atoms with Crippen molar-refractivity contribution >= 4 is 17.8 Å². The summed E-state index contributed by atoms with van der Waals surface area (Å²) in [6.45, 7) is 7.51. The predicted molar refractivity (Wildman–Crippen MR) is 134 cm³/mol. The van der Waals surface area contributed by atoms with Crippen molar-refractivity contribution in [3.63, 3.8) is 0 Å². The molecule has 0 saturated heterocycles. The van der Waals surface area contributed by atoms with Gasteiger partial charge >= 0.3 is 35.5 Å². The Kier molecular flexibility index (Phi) is 19.2. The zero-order valence-corrected chi connectivity index (χ0v) is 25.3. The second kappa shape index (κ2) is 19.5. The summed E-state index contributed by atoms with van der Waals surface area (Å²) in [5, 5.41) is 15.1. The topological polar surface area (TPSA) is 95.5 Å². The fourth-order valence-electron chi connectivity index (χ4n) is 5.13. The van der Waals surface area contributed by atoms with E-state index in [0.29, 0.717) is 12.8 Å². The Morgan fingerprint density at radius 1 is 0.943 bits per heavy atom. The van der Waals surface area contributed by atoms with Crippen LogP contribution in [0.2, 0.25) is 0 Å². The second-order valence-corrected chi connectivity index (χ2v) is 10.7. The summed E-state index contributed by atoms with van der Waals surface area (Å²) < 4.78 is 5.52. The first-order valence-corrected chi connectivity index (χ1v) is 13.9. The van der Waals surface area contributed by atoms with Crippen LogP contribution in [0.3, 0.4) is 0 Å². The zero-order chi connectivity index (χ0) is 25.4. The number of ether oxygens (including phenoxy) is 1. The molecule has 1 rings (SSSR count). The van der Waals surface area contributed by atoms with Crippen molar-refractivity contribution in [1.29, 1.82) is 0 Å². The number of nitrogens with one attached hydrogen (secondary N) is 1. The average Bonchev–Trinajstić information content (AvgIpc) is 2.82. The first kappa shape index (κ1) is 34.4. The number of carbonyl (C=O) groups excluding carboxylic acids is 3. The van der Waals surface area contributed by atoms with Gasteiger partial charge in [0.25, 0.3) is 0 Å². The third-order valence-electron chi connectivity index (χ3n) is 7.72. The minimum Gasteiger partial charge on any atom is -0.550 e. The number of carboxylic acid groups (broad SMARTS) is 1. The first-order chi connectivity index (χ1) is 16.2. The van der Waals surface area contributed by atoms with Crippen LogP contribution in [0.4, 0.5) is 0 Å². The van der Waals surface area contributed by atoms with Crippen LogP contribution in [-0.2, 0) is 19.1 Å². The van der Waals surface area contributed by atoms with Crippen LogP contribution in [0.5, 0.6) is 0 Å². The van der Waals surface area contributed by atoms with E-state index < -0.39 is 23.2 Å². The van der Waals surface area contributed by atoms with Gasteiger partial charge in [0, 0.05) is 35.7 Å². The fraction of sp³-hybridized carbons (Fsp3) is 0.893. The zero-order valence-electron chi connectivity index (χ0n) is 23.3. The molecule has 1 aliphatic rings.